The molecular weight excluding hydrogens is 192 g/mol. The fourth-order valence-electron chi connectivity index (χ4n) is 1.31. The predicted octanol–water partition coefficient (Wildman–Crippen LogP) is 0.986. The van der Waals surface area contributed by atoms with E-state index in [1.807, 2.05) is 12.1 Å². The first-order valence-electron chi connectivity index (χ1n) is 4.64. The number of rotatable bonds is 2. The highest BCUT2D eigenvalue weighted by Crippen LogP contribution is 2.04. The van der Waals surface area contributed by atoms with Gasteiger partial charge in [0.15, 0.2) is 0 Å². The second-order valence-electron chi connectivity index (χ2n) is 4.23. The van der Waals surface area contributed by atoms with Gasteiger partial charge in [0.25, 0.3) is 5.91 Å². The first kappa shape index (κ1) is 10.9. The van der Waals surface area contributed by atoms with Crippen molar-refractivity contribution in [2.24, 2.45) is 0 Å². The summed E-state index contributed by atoms with van der Waals surface area (Å²) in [5, 5.41) is 3.73. The van der Waals surface area contributed by atoms with Gasteiger partial charge in [-0.2, -0.15) is 0 Å². The van der Waals surface area contributed by atoms with E-state index in [1.54, 1.807) is 13.2 Å². The Morgan fingerprint density at radius 3 is 2.57 bits per heavy atom. The average Bonchev–Trinajstić information content (AvgIpc) is 2.15. The lowest BCUT2D eigenvalue weighted by Crippen LogP contribution is -2.43. The zero-order valence-electron chi connectivity index (χ0n) is 9.09. The number of nitrogens with one attached hydrogen (secondary N) is 1. The molecule has 0 saturated heterocycles. The summed E-state index contributed by atoms with van der Waals surface area (Å²) in [4.78, 5) is 15.7. The molecule has 4 heteroatoms. The summed E-state index contributed by atoms with van der Waals surface area (Å²) in [6.07, 6.45) is 1.66. The first-order valence-corrected chi connectivity index (χ1v) is 8.14. The number of pyridine rings is 1. The van der Waals surface area contributed by atoms with Crippen LogP contribution in [0.3, 0.4) is 0 Å². The quantitative estimate of drug-likeness (QED) is 0.736. The molecule has 1 rings (SSSR count). The van der Waals surface area contributed by atoms with E-state index in [-0.39, 0.29) is 5.91 Å². The van der Waals surface area contributed by atoms with E-state index < -0.39 is 8.07 Å². The van der Waals surface area contributed by atoms with E-state index in [0.717, 1.165) is 5.19 Å². The van der Waals surface area contributed by atoms with Crippen LogP contribution >= 0.6 is 0 Å². The molecule has 76 valence electrons. The second kappa shape index (κ2) is 3.92. The molecule has 1 heterocycles. The van der Waals surface area contributed by atoms with E-state index in [2.05, 4.69) is 29.9 Å². The monoisotopic (exact) mass is 208 g/mol. The summed E-state index contributed by atoms with van der Waals surface area (Å²) in [5.41, 5.74) is 0.578. The maximum atomic E-state index is 11.5. The topological polar surface area (TPSA) is 42.0 Å². The summed E-state index contributed by atoms with van der Waals surface area (Å²) in [5.74, 6) is -0.0944. The molecule has 1 amide bonds. The Hall–Kier alpha value is -1.16. The van der Waals surface area contributed by atoms with Gasteiger partial charge in [0, 0.05) is 13.2 Å². The molecule has 1 aromatic rings. The highest BCUT2D eigenvalue weighted by atomic mass is 28.3. The average molecular weight is 208 g/mol. The van der Waals surface area contributed by atoms with Gasteiger partial charge in [-0.15, -0.1) is 0 Å². The zero-order chi connectivity index (χ0) is 10.8. The van der Waals surface area contributed by atoms with Crippen molar-refractivity contribution >= 4 is 19.2 Å². The third-order valence-corrected chi connectivity index (χ3v) is 4.08. The molecule has 0 aliphatic heterocycles. The van der Waals surface area contributed by atoms with Gasteiger partial charge in [-0.05, 0) is 11.3 Å². The second-order valence-corrected chi connectivity index (χ2v) is 9.27. The van der Waals surface area contributed by atoms with Crippen molar-refractivity contribution in [3.05, 3.63) is 24.0 Å². The summed E-state index contributed by atoms with van der Waals surface area (Å²) in [7, 11) is 0.150. The summed E-state index contributed by atoms with van der Waals surface area (Å²) < 4.78 is 0. The van der Waals surface area contributed by atoms with Crippen LogP contribution in [0, 0.1) is 0 Å². The third kappa shape index (κ3) is 2.20. The van der Waals surface area contributed by atoms with Gasteiger partial charge in [-0.3, -0.25) is 9.78 Å². The van der Waals surface area contributed by atoms with E-state index in [0.29, 0.717) is 5.69 Å². The minimum Gasteiger partial charge on any atom is -0.354 e. The Balaban J connectivity index is 3.23. The maximum absolute atomic E-state index is 11.5. The van der Waals surface area contributed by atoms with Crippen LogP contribution in [0.4, 0.5) is 0 Å². The summed E-state index contributed by atoms with van der Waals surface area (Å²) >= 11 is 0. The van der Waals surface area contributed by atoms with Crippen molar-refractivity contribution < 1.29 is 4.79 Å². The third-order valence-electron chi connectivity index (χ3n) is 2.06. The van der Waals surface area contributed by atoms with Gasteiger partial charge in [0.1, 0.15) is 5.69 Å². The Labute approximate surface area is 85.6 Å². The Morgan fingerprint density at radius 2 is 2.07 bits per heavy atom. The molecule has 0 radical (unpaired) electrons. The minimum atomic E-state index is -1.48. The van der Waals surface area contributed by atoms with Gasteiger partial charge < -0.3 is 5.32 Å². The number of carbonyl (C=O) groups excluding carboxylic acids is 1. The van der Waals surface area contributed by atoms with Crippen LogP contribution in [0.2, 0.25) is 19.6 Å². The fraction of sp³-hybridized carbons (Fsp3) is 0.400. The van der Waals surface area contributed by atoms with E-state index in [9.17, 15) is 4.79 Å². The highest BCUT2D eigenvalue weighted by Gasteiger charge is 2.23. The molecule has 0 atom stereocenters. The number of hydrogen-bond donors (Lipinski definition) is 1. The lowest BCUT2D eigenvalue weighted by atomic mass is 10.3. The molecular formula is C10H16N2OSi. The van der Waals surface area contributed by atoms with Crippen LogP contribution in [-0.2, 0) is 0 Å². The molecule has 0 spiro atoms. The van der Waals surface area contributed by atoms with Crippen molar-refractivity contribution in [3.63, 3.8) is 0 Å². The highest BCUT2D eigenvalue weighted by molar-refractivity contribution is 6.89. The largest absolute Gasteiger partial charge is 0.354 e. The molecule has 0 aromatic carbocycles. The number of amides is 1. The molecule has 1 N–H and O–H groups in total. The predicted molar refractivity (Wildman–Crippen MR) is 60.6 cm³/mol. The Kier molecular flexibility index (Phi) is 3.05. The van der Waals surface area contributed by atoms with Gasteiger partial charge in [-0.25, -0.2) is 0 Å². The lowest BCUT2D eigenvalue weighted by Gasteiger charge is -2.18. The molecule has 1 aromatic heterocycles. The van der Waals surface area contributed by atoms with Crippen molar-refractivity contribution in [2.75, 3.05) is 7.05 Å². The molecule has 0 saturated carbocycles. The molecule has 14 heavy (non-hydrogen) atoms. The number of nitrogens with zero attached hydrogens (tertiary/aromatic N) is 1. The van der Waals surface area contributed by atoms with Gasteiger partial charge >= 0.3 is 0 Å². The number of aromatic nitrogens is 1. The van der Waals surface area contributed by atoms with E-state index in [1.165, 1.54) is 0 Å². The molecule has 0 aliphatic rings. The Bertz CT molecular complexity index is 344. The summed E-state index contributed by atoms with van der Waals surface area (Å²) in [6, 6.07) is 3.89. The smallest absolute Gasteiger partial charge is 0.269 e. The SMILES string of the molecule is CNC(=O)c1ncccc1[Si](C)(C)C. The van der Waals surface area contributed by atoms with Gasteiger partial charge in [0.05, 0.1) is 8.07 Å². The first-order chi connectivity index (χ1) is 6.46. The maximum Gasteiger partial charge on any atom is 0.269 e. The zero-order valence-corrected chi connectivity index (χ0v) is 10.1. The van der Waals surface area contributed by atoms with Crippen molar-refractivity contribution in [1.82, 2.24) is 10.3 Å². The van der Waals surface area contributed by atoms with Crippen molar-refractivity contribution in [2.45, 2.75) is 19.6 Å². The molecule has 0 unspecified atom stereocenters. The van der Waals surface area contributed by atoms with Crippen molar-refractivity contribution in [3.8, 4) is 0 Å². The fourth-order valence-corrected chi connectivity index (χ4v) is 2.79. The van der Waals surface area contributed by atoms with Crippen LogP contribution in [0.15, 0.2) is 18.3 Å². The van der Waals surface area contributed by atoms with Crippen LogP contribution in [0.5, 0.6) is 0 Å². The van der Waals surface area contributed by atoms with Crippen LogP contribution < -0.4 is 10.5 Å². The van der Waals surface area contributed by atoms with E-state index in [4.69, 9.17) is 0 Å². The van der Waals surface area contributed by atoms with Crippen LogP contribution in [-0.4, -0.2) is 26.0 Å². The molecule has 0 bridgehead atoms. The lowest BCUT2D eigenvalue weighted by molar-refractivity contribution is 0.0959. The standard InChI is InChI=1S/C10H16N2OSi/c1-11-10(13)9-8(14(2,3)4)6-5-7-12-9/h5-7H,1-4H3,(H,11,13). The molecule has 0 aliphatic carbocycles. The van der Waals surface area contributed by atoms with Crippen molar-refractivity contribution in [1.29, 1.82) is 0 Å². The van der Waals surface area contributed by atoms with Gasteiger partial charge in [0.2, 0.25) is 0 Å². The summed E-state index contributed by atoms with van der Waals surface area (Å²) in [6.45, 7) is 6.61. The number of carbonyl (C=O) groups is 1. The Morgan fingerprint density at radius 1 is 1.43 bits per heavy atom. The van der Waals surface area contributed by atoms with E-state index >= 15 is 0 Å². The number of hydrogen-bond acceptors (Lipinski definition) is 2. The molecule has 0 fully saturated rings. The normalized spacial score (nSPS) is 11.1. The molecule has 3 nitrogen and oxygen atoms in total. The van der Waals surface area contributed by atoms with Crippen LogP contribution in [0.1, 0.15) is 10.5 Å². The minimum absolute atomic E-state index is 0.0944. The van der Waals surface area contributed by atoms with Gasteiger partial charge in [-0.1, -0.05) is 25.7 Å². The van der Waals surface area contributed by atoms with Crippen LogP contribution in [0.25, 0.3) is 0 Å².